The molecular formula is C65H83FIrN2O2-2. The first-order valence-electron chi connectivity index (χ1n) is 28.4. The molecule has 2 heterocycles. The molecule has 1 radical (unpaired) electrons. The molecule has 6 heteroatoms. The first-order valence-corrected chi connectivity index (χ1v) is 26.4. The van der Waals surface area contributed by atoms with E-state index in [1.165, 1.54) is 79.7 Å². The fourth-order valence-corrected chi connectivity index (χ4v) is 10.3. The number of aryl methyl sites for hydroxylation is 2. The molecule has 2 aliphatic rings. The zero-order valence-electron chi connectivity index (χ0n) is 48.7. The third kappa shape index (κ3) is 16.0. The number of halogens is 1. The minimum Gasteiger partial charge on any atom is -0.512 e. The van der Waals surface area contributed by atoms with Gasteiger partial charge < -0.3 is 15.1 Å². The number of fused-ring (bicyclic) bond motifs is 2. The number of benzene rings is 4. The van der Waals surface area contributed by atoms with Crippen molar-refractivity contribution < 1.29 is 39.9 Å². The molecule has 4 nitrogen and oxygen atoms in total. The molecule has 0 spiro atoms. The van der Waals surface area contributed by atoms with Crippen LogP contribution in [0.5, 0.6) is 0 Å². The average molecular weight is 1140 g/mol. The van der Waals surface area contributed by atoms with Crippen LogP contribution in [0, 0.1) is 49.7 Å². The largest absolute Gasteiger partial charge is 0.512 e. The Bertz CT molecular complexity index is 2750. The first kappa shape index (κ1) is 51.4. The van der Waals surface area contributed by atoms with Crippen LogP contribution in [0.2, 0.25) is 0 Å². The standard InChI is InChI=1S/2C26H30N.C13H23FO2.Ir/c2*1-18-13-22(17-23(14-18)26(2,3)4)25-24-10-9-20(15-19-7-5-6-8-19)16-21(24)11-12-27-25;1-4-10(5-2)12(15)9-13(16)11(6-3)7-8-14;/h2*9-12,14,16-17,19H,5-8,15H2,1-4H3;9-11,16H,4-8H2,1-3H3;/q2*-1;;/b;;13-9-;/i2*11D,12D;;. The van der Waals surface area contributed by atoms with Gasteiger partial charge in [-0.25, -0.2) is 0 Å². The molecule has 0 bridgehead atoms. The van der Waals surface area contributed by atoms with Gasteiger partial charge in [-0.1, -0.05) is 164 Å². The average Bonchev–Trinajstić information content (AvgIpc) is 4.08. The number of rotatable bonds is 14. The molecule has 1 unspecified atom stereocenters. The quantitative estimate of drug-likeness (QED) is 0.0671. The summed E-state index contributed by atoms with van der Waals surface area (Å²) < 4.78 is 45.7. The number of hydrogen-bond donors (Lipinski definition) is 1. The van der Waals surface area contributed by atoms with E-state index in [2.05, 4.69) is 138 Å². The van der Waals surface area contributed by atoms with Gasteiger partial charge in [-0.15, -0.1) is 69.8 Å². The monoisotopic (exact) mass is 1140 g/mol. The van der Waals surface area contributed by atoms with E-state index in [1.54, 1.807) is 0 Å². The number of aliphatic hydroxyl groups is 1. The minimum absolute atomic E-state index is 0. The van der Waals surface area contributed by atoms with E-state index in [0.717, 1.165) is 92.7 Å². The zero-order chi connectivity index (χ0) is 54.1. The summed E-state index contributed by atoms with van der Waals surface area (Å²) in [6.45, 7) is 22.7. The number of aromatic nitrogens is 2. The van der Waals surface area contributed by atoms with Gasteiger partial charge >= 0.3 is 0 Å². The summed E-state index contributed by atoms with van der Waals surface area (Å²) in [5, 5.41) is 13.3. The van der Waals surface area contributed by atoms with Crippen molar-refractivity contribution in [3.63, 3.8) is 0 Å². The van der Waals surface area contributed by atoms with Crippen LogP contribution >= 0.6 is 0 Å². The molecule has 0 aliphatic heterocycles. The van der Waals surface area contributed by atoms with Crippen LogP contribution in [-0.2, 0) is 48.6 Å². The van der Waals surface area contributed by atoms with Crippen molar-refractivity contribution >= 4 is 27.3 Å². The molecule has 1 N–H and O–H groups in total. The summed E-state index contributed by atoms with van der Waals surface area (Å²) in [4.78, 5) is 20.7. The van der Waals surface area contributed by atoms with Crippen molar-refractivity contribution in [2.75, 3.05) is 6.67 Å². The van der Waals surface area contributed by atoms with Crippen LogP contribution in [-0.4, -0.2) is 27.5 Å². The van der Waals surface area contributed by atoms with Crippen LogP contribution in [0.4, 0.5) is 4.39 Å². The normalized spacial score (nSPS) is 15.8. The number of pyridine rings is 2. The third-order valence-corrected chi connectivity index (χ3v) is 14.7. The van der Waals surface area contributed by atoms with Gasteiger partial charge in [-0.05, 0) is 117 Å². The Morgan fingerprint density at radius 1 is 0.690 bits per heavy atom. The van der Waals surface area contributed by atoms with E-state index in [1.807, 2.05) is 20.8 Å². The Hall–Kier alpha value is -4.51. The molecule has 1 atom stereocenters. The van der Waals surface area contributed by atoms with Gasteiger partial charge in [0, 0.05) is 50.4 Å². The Morgan fingerprint density at radius 3 is 1.46 bits per heavy atom. The Labute approximate surface area is 447 Å². The first-order chi connectivity index (χ1) is 35.0. The molecule has 2 aromatic heterocycles. The van der Waals surface area contributed by atoms with E-state index in [0.29, 0.717) is 6.42 Å². The molecule has 71 heavy (non-hydrogen) atoms. The molecule has 2 aliphatic carbocycles. The number of hydrogen-bond acceptors (Lipinski definition) is 4. The van der Waals surface area contributed by atoms with Crippen molar-refractivity contribution in [1.29, 1.82) is 0 Å². The van der Waals surface area contributed by atoms with Crippen molar-refractivity contribution in [2.24, 2.45) is 23.7 Å². The number of alkyl halides is 1. The summed E-state index contributed by atoms with van der Waals surface area (Å²) in [5.41, 5.74) is 10.6. The molecule has 0 amide bonds. The topological polar surface area (TPSA) is 63.1 Å². The second-order valence-electron chi connectivity index (χ2n) is 22.4. The van der Waals surface area contributed by atoms with E-state index in [4.69, 9.17) is 5.48 Å². The van der Waals surface area contributed by atoms with Gasteiger partial charge in [0.2, 0.25) is 0 Å². The Morgan fingerprint density at radius 2 is 1.10 bits per heavy atom. The maximum atomic E-state index is 12.2. The van der Waals surface area contributed by atoms with E-state index in [-0.39, 0.29) is 85.2 Å². The van der Waals surface area contributed by atoms with Gasteiger partial charge in [0.05, 0.1) is 17.9 Å². The van der Waals surface area contributed by atoms with Crippen LogP contribution in [0.3, 0.4) is 0 Å². The summed E-state index contributed by atoms with van der Waals surface area (Å²) >= 11 is 0. The molecule has 2 fully saturated rings. The van der Waals surface area contributed by atoms with E-state index in [9.17, 15) is 14.3 Å². The number of allylic oxidation sites excluding steroid dienone is 2. The summed E-state index contributed by atoms with van der Waals surface area (Å²) in [6.07, 6.45) is 16.6. The second kappa shape index (κ2) is 26.4. The third-order valence-electron chi connectivity index (χ3n) is 14.7. The molecule has 383 valence electrons. The Kier molecular flexibility index (Phi) is 19.1. The zero-order valence-corrected chi connectivity index (χ0v) is 47.1. The predicted octanol–water partition coefficient (Wildman–Crippen LogP) is 17.9. The van der Waals surface area contributed by atoms with Crippen molar-refractivity contribution in [1.82, 2.24) is 9.97 Å². The van der Waals surface area contributed by atoms with Crippen LogP contribution in [0.1, 0.15) is 178 Å². The van der Waals surface area contributed by atoms with Gasteiger partial charge in [0.25, 0.3) is 0 Å². The van der Waals surface area contributed by atoms with Gasteiger partial charge in [0.1, 0.15) is 0 Å². The second-order valence-corrected chi connectivity index (χ2v) is 22.4. The number of carbonyl (C=O) groups is 1. The summed E-state index contributed by atoms with van der Waals surface area (Å²) in [6, 6.07) is 28.8. The molecule has 0 saturated heterocycles. The van der Waals surface area contributed by atoms with Gasteiger partial charge in [-0.3, -0.25) is 9.18 Å². The number of aliphatic hydroxyl groups excluding tert-OH is 1. The molecule has 2 saturated carbocycles. The maximum absolute atomic E-state index is 12.2. The number of ketones is 1. The van der Waals surface area contributed by atoms with Crippen LogP contribution in [0.15, 0.2) is 96.9 Å². The predicted molar refractivity (Wildman–Crippen MR) is 294 cm³/mol. The van der Waals surface area contributed by atoms with Crippen molar-refractivity contribution in [2.45, 2.75) is 177 Å². The van der Waals surface area contributed by atoms with Crippen molar-refractivity contribution in [3.05, 3.63) is 142 Å². The van der Waals surface area contributed by atoms with E-state index < -0.39 is 6.67 Å². The van der Waals surface area contributed by atoms with Gasteiger partial charge in [0.15, 0.2) is 5.78 Å². The number of carbonyl (C=O) groups excluding carboxylic acids is 1. The molecule has 4 aromatic carbocycles. The maximum Gasteiger partial charge on any atom is 0.162 e. The fourth-order valence-electron chi connectivity index (χ4n) is 10.3. The minimum atomic E-state index is -0.463. The fraction of sp³-hybridized carbons (Fsp3) is 0.492. The molecular weight excluding hydrogens is 1050 g/mol. The smallest absolute Gasteiger partial charge is 0.162 e. The molecule has 6 aromatic rings. The van der Waals surface area contributed by atoms with Crippen LogP contribution < -0.4 is 0 Å². The molecule has 8 rings (SSSR count). The SMILES string of the molecule is CCC(CC)C(=O)/C=C(\O)C(CC)CCF.[2H]c1nc(-c2[c-]c(C)cc(C(C)(C)C)c2)c2ccc(CC3CCCC3)cc2c1[2H].[2H]c1nc(-c2[c-]c(C)cc(C(C)(C)C)c2)c2ccc(CC3CCCC3)cc2c1[2H].[Ir]. The van der Waals surface area contributed by atoms with Crippen molar-refractivity contribution in [3.8, 4) is 22.5 Å². The summed E-state index contributed by atoms with van der Waals surface area (Å²) in [7, 11) is 0. The Balaban J connectivity index is 0.000000217. The van der Waals surface area contributed by atoms with Gasteiger partial charge in [-0.2, -0.15) is 0 Å². The van der Waals surface area contributed by atoms with E-state index >= 15 is 0 Å². The number of nitrogens with zero attached hydrogens (tertiary/aromatic N) is 2. The van der Waals surface area contributed by atoms with Crippen LogP contribution in [0.25, 0.3) is 44.1 Å². The summed E-state index contributed by atoms with van der Waals surface area (Å²) in [5.74, 6) is 1.28.